The number of aryl methyl sites for hydroxylation is 1. The van der Waals surface area contributed by atoms with Gasteiger partial charge in [-0.3, -0.25) is 14.4 Å². The number of anilines is 1. The van der Waals surface area contributed by atoms with Crippen LogP contribution < -0.4 is 10.8 Å². The Bertz CT molecular complexity index is 783. The molecule has 0 fully saturated rings. The summed E-state index contributed by atoms with van der Waals surface area (Å²) in [6.07, 6.45) is 7.83. The number of quaternary nitrogens is 1. The highest BCUT2D eigenvalue weighted by Crippen LogP contribution is 2.41. The topological polar surface area (TPSA) is 119 Å². The average Bonchev–Trinajstić information content (AvgIpc) is 3.36. The standard InChI is InChI=1S/C10H11NO3S.C8H13NO.C3H6O2.C2H6/c1-14-10(13)6-2-3-8-7(6)4-9(15-8)11-5-12;1-4-8(9-10)6-5-7(2)3;1-3(4)5-2;1-2/h4-6H,2-3H2,1H3,(H,11,12);4-6,9-10H,2H2,1,3H3;1-2H3;1-2H3/p+1/b;6-5-,8-4+;;. The first-order valence-corrected chi connectivity index (χ1v) is 11.0. The number of allylic oxidation sites excluding steroid dienone is 4. The predicted molar refractivity (Wildman–Crippen MR) is 128 cm³/mol. The first-order chi connectivity index (χ1) is 15.2. The van der Waals surface area contributed by atoms with Gasteiger partial charge < -0.3 is 14.8 Å². The molecule has 0 aromatic carbocycles. The molecular formula is C23H37N2O6S+. The second-order valence-electron chi connectivity index (χ2n) is 6.16. The summed E-state index contributed by atoms with van der Waals surface area (Å²) in [7, 11) is 2.75. The number of carbonyl (C=O) groups is 3. The Kier molecular flexibility index (Phi) is 18.6. The molecule has 0 saturated heterocycles. The van der Waals surface area contributed by atoms with Crippen LogP contribution in [0.25, 0.3) is 0 Å². The van der Waals surface area contributed by atoms with Gasteiger partial charge >= 0.3 is 11.9 Å². The highest BCUT2D eigenvalue weighted by atomic mass is 32.1. The summed E-state index contributed by atoms with van der Waals surface area (Å²) < 4.78 is 8.85. The molecule has 0 radical (unpaired) electrons. The Morgan fingerprint density at radius 1 is 1.25 bits per heavy atom. The molecule has 1 aromatic rings. The molecule has 1 aromatic heterocycles. The lowest BCUT2D eigenvalue weighted by molar-refractivity contribution is -0.848. The van der Waals surface area contributed by atoms with Crippen LogP contribution in [0, 0.1) is 0 Å². The molecular weight excluding hydrogens is 432 g/mol. The highest BCUT2D eigenvalue weighted by molar-refractivity contribution is 7.16. The number of fused-ring (bicyclic) bond motifs is 1. The van der Waals surface area contributed by atoms with Gasteiger partial charge in [0, 0.05) is 17.9 Å². The third kappa shape index (κ3) is 12.8. The summed E-state index contributed by atoms with van der Waals surface area (Å²) in [5.41, 5.74) is 3.85. The van der Waals surface area contributed by atoms with Gasteiger partial charge in [0.05, 0.1) is 25.1 Å². The summed E-state index contributed by atoms with van der Waals surface area (Å²) in [4.78, 5) is 32.5. The number of ether oxygens (including phenoxy) is 2. The number of hydrogen-bond donors (Lipinski definition) is 3. The minimum Gasteiger partial charge on any atom is -0.469 e. The summed E-state index contributed by atoms with van der Waals surface area (Å²) in [5, 5.41) is 12.0. The van der Waals surface area contributed by atoms with Crippen molar-refractivity contribution in [2.45, 2.75) is 53.4 Å². The normalized spacial score (nSPS) is 13.8. The number of rotatable bonds is 6. The summed E-state index contributed by atoms with van der Waals surface area (Å²) >= 11 is 1.53. The summed E-state index contributed by atoms with van der Waals surface area (Å²) in [6.45, 7) is 12.8. The number of nitrogens with one attached hydrogen (secondary N) is 1. The lowest BCUT2D eigenvalue weighted by Gasteiger charge is -2.06. The minimum absolute atomic E-state index is 0.150. The smallest absolute Gasteiger partial charge is 0.313 e. The predicted octanol–water partition coefficient (Wildman–Crippen LogP) is 3.70. The number of thiophene rings is 1. The zero-order chi connectivity index (χ0) is 25.1. The summed E-state index contributed by atoms with van der Waals surface area (Å²) in [5.74, 6) is -0.586. The Labute approximate surface area is 195 Å². The number of methoxy groups -OCH3 is 2. The Morgan fingerprint density at radius 3 is 2.25 bits per heavy atom. The van der Waals surface area contributed by atoms with E-state index in [0.717, 1.165) is 40.2 Å². The van der Waals surface area contributed by atoms with Gasteiger partial charge in [-0.1, -0.05) is 32.1 Å². The second kappa shape index (κ2) is 19.0. The monoisotopic (exact) mass is 469 g/mol. The van der Waals surface area contributed by atoms with Crippen molar-refractivity contribution in [2.24, 2.45) is 0 Å². The zero-order valence-electron chi connectivity index (χ0n) is 20.1. The fourth-order valence-corrected chi connectivity index (χ4v) is 3.43. The molecule has 0 spiro atoms. The Morgan fingerprint density at radius 2 is 1.84 bits per heavy atom. The van der Waals surface area contributed by atoms with E-state index >= 15 is 0 Å². The van der Waals surface area contributed by atoms with Crippen molar-refractivity contribution in [1.82, 2.24) is 0 Å². The zero-order valence-corrected chi connectivity index (χ0v) is 20.9. The van der Waals surface area contributed by atoms with Crippen molar-refractivity contribution < 1.29 is 34.5 Å². The van der Waals surface area contributed by atoms with Gasteiger partial charge in [0.1, 0.15) is 0 Å². The number of hydrogen-bond acceptors (Lipinski definition) is 7. The van der Waals surface area contributed by atoms with Crippen molar-refractivity contribution in [3.63, 3.8) is 0 Å². The van der Waals surface area contributed by atoms with Crippen LogP contribution in [0.5, 0.6) is 0 Å². The Balaban J connectivity index is 0. The van der Waals surface area contributed by atoms with Gasteiger partial charge in [0.2, 0.25) is 6.41 Å². The van der Waals surface area contributed by atoms with Crippen LogP contribution in [0.15, 0.2) is 42.1 Å². The molecule has 180 valence electrons. The van der Waals surface area contributed by atoms with Crippen molar-refractivity contribution in [3.05, 3.63) is 52.6 Å². The molecule has 32 heavy (non-hydrogen) atoms. The number of nitrogens with two attached hydrogens (primary N) is 1. The van der Waals surface area contributed by atoms with E-state index in [-0.39, 0.29) is 17.9 Å². The quantitative estimate of drug-likeness (QED) is 0.253. The second-order valence-corrected chi connectivity index (χ2v) is 7.30. The third-order valence-corrected chi connectivity index (χ3v) is 5.04. The minimum atomic E-state index is -0.245. The average molecular weight is 470 g/mol. The van der Waals surface area contributed by atoms with Crippen molar-refractivity contribution in [3.8, 4) is 0 Å². The molecule has 0 aliphatic heterocycles. The number of amides is 1. The largest absolute Gasteiger partial charge is 0.469 e. The van der Waals surface area contributed by atoms with Gasteiger partial charge in [-0.15, -0.1) is 11.3 Å². The molecule has 0 saturated carbocycles. The number of esters is 2. The Hall–Kier alpha value is -2.75. The van der Waals surface area contributed by atoms with Crippen molar-refractivity contribution in [1.29, 1.82) is 0 Å². The van der Waals surface area contributed by atoms with Crippen LogP contribution in [0.3, 0.4) is 0 Å². The molecule has 1 aliphatic rings. The van der Waals surface area contributed by atoms with Crippen molar-refractivity contribution in [2.75, 3.05) is 19.5 Å². The summed E-state index contributed by atoms with van der Waals surface area (Å²) in [6, 6.07) is 1.86. The molecule has 1 aliphatic carbocycles. The van der Waals surface area contributed by atoms with Gasteiger partial charge in [-0.2, -0.15) is 5.48 Å². The van der Waals surface area contributed by atoms with Crippen LogP contribution in [0.4, 0.5) is 5.00 Å². The molecule has 9 heteroatoms. The first kappa shape index (κ1) is 31.4. The van der Waals surface area contributed by atoms with Crippen LogP contribution in [-0.4, -0.2) is 37.8 Å². The first-order valence-electron chi connectivity index (χ1n) is 10.2. The van der Waals surface area contributed by atoms with Crippen molar-refractivity contribution >= 4 is 34.7 Å². The maximum Gasteiger partial charge on any atom is 0.313 e. The van der Waals surface area contributed by atoms with E-state index in [1.165, 1.54) is 37.4 Å². The number of carbonyl (C=O) groups excluding carboxylic acids is 3. The van der Waals surface area contributed by atoms with E-state index in [1.807, 2.05) is 52.0 Å². The third-order valence-electron chi connectivity index (χ3n) is 3.89. The molecule has 4 N–H and O–H groups in total. The SMILES string of the molecule is C=C(C)/C=C\C(=C/C)[NH2+]O.CC.COC(=O)C1CCc2sc(NC=O)cc21.COC(C)=O. The molecule has 1 heterocycles. The molecule has 2 rings (SSSR count). The van der Waals surface area contributed by atoms with Crippen LogP contribution >= 0.6 is 11.3 Å². The molecule has 1 unspecified atom stereocenters. The molecule has 8 nitrogen and oxygen atoms in total. The molecule has 1 amide bonds. The van der Waals surface area contributed by atoms with Crippen LogP contribution in [0.2, 0.25) is 0 Å². The number of hydroxylamine groups is 1. The van der Waals surface area contributed by atoms with E-state index in [1.54, 1.807) is 0 Å². The van der Waals surface area contributed by atoms with E-state index < -0.39 is 0 Å². The lowest BCUT2D eigenvalue weighted by Crippen LogP contribution is -2.77. The van der Waals surface area contributed by atoms with Gasteiger partial charge in [-0.05, 0) is 44.4 Å². The van der Waals surface area contributed by atoms with E-state index in [0.29, 0.717) is 6.41 Å². The highest BCUT2D eigenvalue weighted by Gasteiger charge is 2.31. The van der Waals surface area contributed by atoms with Gasteiger partial charge in [0.15, 0.2) is 5.70 Å². The van der Waals surface area contributed by atoms with E-state index in [2.05, 4.69) is 16.6 Å². The molecule has 1 atom stereocenters. The van der Waals surface area contributed by atoms with Crippen LogP contribution in [-0.2, 0) is 30.3 Å². The van der Waals surface area contributed by atoms with E-state index in [9.17, 15) is 14.4 Å². The molecule has 0 bridgehead atoms. The van der Waals surface area contributed by atoms with Gasteiger partial charge in [-0.25, -0.2) is 5.21 Å². The van der Waals surface area contributed by atoms with E-state index in [4.69, 9.17) is 9.94 Å². The maximum atomic E-state index is 11.4. The fourth-order valence-electron chi connectivity index (χ4n) is 2.33. The lowest BCUT2D eigenvalue weighted by atomic mass is 10.0. The fraction of sp³-hybridized carbons (Fsp3) is 0.435. The van der Waals surface area contributed by atoms with Gasteiger partial charge in [0.25, 0.3) is 0 Å². The van der Waals surface area contributed by atoms with Crippen LogP contribution in [0.1, 0.15) is 57.4 Å². The maximum absolute atomic E-state index is 11.4.